The quantitative estimate of drug-likeness (QED) is 0.653. The van der Waals surface area contributed by atoms with Crippen molar-refractivity contribution in [3.63, 3.8) is 0 Å². The first-order chi connectivity index (χ1) is 10.3. The van der Waals surface area contributed by atoms with Crippen molar-refractivity contribution in [3.05, 3.63) is 65.5 Å². The molecule has 4 heteroatoms. The number of rotatable bonds is 5. The van der Waals surface area contributed by atoms with E-state index in [-0.39, 0.29) is 0 Å². The molecule has 2 rings (SSSR count). The van der Waals surface area contributed by atoms with E-state index in [1.807, 2.05) is 31.2 Å². The van der Waals surface area contributed by atoms with Gasteiger partial charge in [0.2, 0.25) is 0 Å². The third kappa shape index (κ3) is 5.26. The molecular formula is C17H22N4. The SMILES string of the molecule is CN=C(NCCc1ccccc1)NCc1cccc(C)n1. The number of pyridine rings is 1. The highest BCUT2D eigenvalue weighted by Gasteiger charge is 1.99. The normalized spacial score (nSPS) is 11.2. The van der Waals surface area contributed by atoms with Gasteiger partial charge in [-0.15, -0.1) is 0 Å². The number of aliphatic imine (C=N–C) groups is 1. The van der Waals surface area contributed by atoms with Gasteiger partial charge >= 0.3 is 0 Å². The fourth-order valence-electron chi connectivity index (χ4n) is 2.06. The Morgan fingerprint density at radius 1 is 1.05 bits per heavy atom. The van der Waals surface area contributed by atoms with Crippen LogP contribution in [-0.4, -0.2) is 24.5 Å². The summed E-state index contributed by atoms with van der Waals surface area (Å²) in [6.45, 7) is 3.52. The van der Waals surface area contributed by atoms with Crippen molar-refractivity contribution in [2.45, 2.75) is 19.9 Å². The number of aryl methyl sites for hydroxylation is 1. The van der Waals surface area contributed by atoms with E-state index in [4.69, 9.17) is 0 Å². The van der Waals surface area contributed by atoms with Crippen LogP contribution in [0.5, 0.6) is 0 Å². The summed E-state index contributed by atoms with van der Waals surface area (Å²) >= 11 is 0. The summed E-state index contributed by atoms with van der Waals surface area (Å²) in [6, 6.07) is 16.4. The molecule has 0 unspecified atom stereocenters. The molecular weight excluding hydrogens is 260 g/mol. The first-order valence-corrected chi connectivity index (χ1v) is 7.19. The van der Waals surface area contributed by atoms with Gasteiger partial charge in [-0.05, 0) is 31.0 Å². The number of hydrogen-bond donors (Lipinski definition) is 2. The second-order valence-corrected chi connectivity index (χ2v) is 4.86. The van der Waals surface area contributed by atoms with Crippen molar-refractivity contribution in [2.75, 3.05) is 13.6 Å². The van der Waals surface area contributed by atoms with Gasteiger partial charge in [-0.3, -0.25) is 9.98 Å². The summed E-state index contributed by atoms with van der Waals surface area (Å²) in [5.41, 5.74) is 3.36. The fraction of sp³-hybridized carbons (Fsp3) is 0.294. The van der Waals surface area contributed by atoms with Gasteiger partial charge in [-0.25, -0.2) is 0 Å². The highest BCUT2D eigenvalue weighted by molar-refractivity contribution is 5.79. The van der Waals surface area contributed by atoms with Crippen molar-refractivity contribution < 1.29 is 0 Å². The Kier molecular flexibility index (Phi) is 5.76. The molecule has 1 heterocycles. The highest BCUT2D eigenvalue weighted by Crippen LogP contribution is 1.99. The Morgan fingerprint density at radius 2 is 1.86 bits per heavy atom. The molecule has 0 saturated carbocycles. The molecule has 0 aliphatic heterocycles. The monoisotopic (exact) mass is 282 g/mol. The minimum Gasteiger partial charge on any atom is -0.356 e. The van der Waals surface area contributed by atoms with E-state index < -0.39 is 0 Å². The second kappa shape index (κ2) is 8.04. The summed E-state index contributed by atoms with van der Waals surface area (Å²) in [7, 11) is 1.78. The summed E-state index contributed by atoms with van der Waals surface area (Å²) in [5.74, 6) is 0.800. The molecule has 1 aromatic heterocycles. The van der Waals surface area contributed by atoms with Gasteiger partial charge in [0.1, 0.15) is 0 Å². The molecule has 0 aliphatic rings. The van der Waals surface area contributed by atoms with Gasteiger partial charge < -0.3 is 10.6 Å². The van der Waals surface area contributed by atoms with Crippen LogP contribution >= 0.6 is 0 Å². The molecule has 0 aliphatic carbocycles. The van der Waals surface area contributed by atoms with Crippen LogP contribution in [-0.2, 0) is 13.0 Å². The van der Waals surface area contributed by atoms with Crippen molar-refractivity contribution in [2.24, 2.45) is 4.99 Å². The van der Waals surface area contributed by atoms with Crippen LogP contribution in [0.25, 0.3) is 0 Å². The second-order valence-electron chi connectivity index (χ2n) is 4.86. The van der Waals surface area contributed by atoms with E-state index in [2.05, 4.69) is 44.9 Å². The van der Waals surface area contributed by atoms with Crippen LogP contribution in [0, 0.1) is 6.92 Å². The Balaban J connectivity index is 1.76. The zero-order chi connectivity index (χ0) is 14.9. The highest BCUT2D eigenvalue weighted by atomic mass is 15.2. The van der Waals surface area contributed by atoms with Gasteiger partial charge in [0.25, 0.3) is 0 Å². The molecule has 2 aromatic rings. The maximum Gasteiger partial charge on any atom is 0.191 e. The molecule has 21 heavy (non-hydrogen) atoms. The lowest BCUT2D eigenvalue weighted by atomic mass is 10.1. The lowest BCUT2D eigenvalue weighted by Crippen LogP contribution is -2.38. The molecule has 0 spiro atoms. The van der Waals surface area contributed by atoms with Gasteiger partial charge in [0.15, 0.2) is 5.96 Å². The lowest BCUT2D eigenvalue weighted by molar-refractivity contribution is 0.781. The minimum absolute atomic E-state index is 0.673. The largest absolute Gasteiger partial charge is 0.356 e. The van der Waals surface area contributed by atoms with E-state index in [0.717, 1.165) is 30.3 Å². The van der Waals surface area contributed by atoms with Gasteiger partial charge in [0.05, 0.1) is 12.2 Å². The van der Waals surface area contributed by atoms with Crippen LogP contribution in [0.1, 0.15) is 17.0 Å². The standard InChI is InChI=1S/C17H22N4/c1-14-7-6-10-16(21-14)13-20-17(18-2)19-12-11-15-8-4-3-5-9-15/h3-10H,11-13H2,1-2H3,(H2,18,19,20). The molecule has 0 fully saturated rings. The van der Waals surface area contributed by atoms with Crippen LogP contribution in [0.3, 0.4) is 0 Å². The number of hydrogen-bond acceptors (Lipinski definition) is 2. The molecule has 2 N–H and O–H groups in total. The van der Waals surface area contributed by atoms with Crippen LogP contribution in [0.2, 0.25) is 0 Å². The molecule has 0 saturated heterocycles. The fourth-order valence-corrected chi connectivity index (χ4v) is 2.06. The van der Waals surface area contributed by atoms with Crippen LogP contribution in [0.15, 0.2) is 53.5 Å². The third-order valence-corrected chi connectivity index (χ3v) is 3.16. The first kappa shape index (κ1) is 15.0. The number of benzene rings is 1. The van der Waals surface area contributed by atoms with E-state index in [1.54, 1.807) is 7.05 Å². The number of aromatic nitrogens is 1. The van der Waals surface area contributed by atoms with Gasteiger partial charge in [-0.1, -0.05) is 36.4 Å². The Bertz CT molecular complexity index is 578. The molecule has 4 nitrogen and oxygen atoms in total. The van der Waals surface area contributed by atoms with Gasteiger partial charge in [0, 0.05) is 19.3 Å². The topological polar surface area (TPSA) is 49.3 Å². The summed E-state index contributed by atoms with van der Waals surface area (Å²) in [6.07, 6.45) is 0.976. The minimum atomic E-state index is 0.673. The number of guanidine groups is 1. The van der Waals surface area contributed by atoms with Crippen LogP contribution < -0.4 is 10.6 Å². The van der Waals surface area contributed by atoms with Crippen molar-refractivity contribution in [1.29, 1.82) is 0 Å². The number of nitrogens with one attached hydrogen (secondary N) is 2. The maximum absolute atomic E-state index is 4.46. The molecule has 0 amide bonds. The van der Waals surface area contributed by atoms with Crippen molar-refractivity contribution in [3.8, 4) is 0 Å². The average molecular weight is 282 g/mol. The van der Waals surface area contributed by atoms with E-state index in [9.17, 15) is 0 Å². The summed E-state index contributed by atoms with van der Waals surface area (Å²) in [4.78, 5) is 8.69. The summed E-state index contributed by atoms with van der Waals surface area (Å²) in [5, 5.41) is 6.59. The predicted molar refractivity (Wildman–Crippen MR) is 87.3 cm³/mol. The zero-order valence-corrected chi connectivity index (χ0v) is 12.6. The van der Waals surface area contributed by atoms with E-state index in [1.165, 1.54) is 5.56 Å². The van der Waals surface area contributed by atoms with E-state index >= 15 is 0 Å². The number of nitrogens with zero attached hydrogens (tertiary/aromatic N) is 2. The lowest BCUT2D eigenvalue weighted by Gasteiger charge is -2.11. The predicted octanol–water partition coefficient (Wildman–Crippen LogP) is 2.30. The maximum atomic E-state index is 4.46. The van der Waals surface area contributed by atoms with E-state index in [0.29, 0.717) is 6.54 Å². The molecule has 1 aromatic carbocycles. The van der Waals surface area contributed by atoms with Crippen LogP contribution in [0.4, 0.5) is 0 Å². The first-order valence-electron chi connectivity index (χ1n) is 7.19. The molecule has 110 valence electrons. The Hall–Kier alpha value is -2.36. The molecule has 0 bridgehead atoms. The Labute approximate surface area is 126 Å². The van der Waals surface area contributed by atoms with Crippen molar-refractivity contribution >= 4 is 5.96 Å². The Morgan fingerprint density at radius 3 is 2.57 bits per heavy atom. The molecule has 0 atom stereocenters. The average Bonchev–Trinajstić information content (AvgIpc) is 2.52. The summed E-state index contributed by atoms with van der Waals surface area (Å²) < 4.78 is 0. The zero-order valence-electron chi connectivity index (χ0n) is 12.6. The third-order valence-electron chi connectivity index (χ3n) is 3.16. The van der Waals surface area contributed by atoms with Gasteiger partial charge in [-0.2, -0.15) is 0 Å². The smallest absolute Gasteiger partial charge is 0.191 e. The molecule has 0 radical (unpaired) electrons. The van der Waals surface area contributed by atoms with Crippen molar-refractivity contribution in [1.82, 2.24) is 15.6 Å².